The van der Waals surface area contributed by atoms with E-state index in [4.69, 9.17) is 27.6 Å². The predicted molar refractivity (Wildman–Crippen MR) is 167 cm³/mol. The van der Waals surface area contributed by atoms with Crippen LogP contribution in [0.5, 0.6) is 5.88 Å². The number of hydrogen-bond acceptors (Lipinski definition) is 5. The third-order valence-corrected chi connectivity index (χ3v) is 9.87. The van der Waals surface area contributed by atoms with Gasteiger partial charge in [0.25, 0.3) is 0 Å². The molecule has 0 radical (unpaired) electrons. The number of sulfonamides is 1. The van der Waals surface area contributed by atoms with Crippen LogP contribution < -0.4 is 5.76 Å². The van der Waals surface area contributed by atoms with Crippen LogP contribution in [0.1, 0.15) is 90.9 Å². The SMILES string of the molecule is CCCCCCCCN(CCCCCCCC)S(=O)(=O)c1cc(Cl)c(-n2c(O)c(-c3ccccc3)oc2=O)cc1Cl. The summed E-state index contributed by atoms with van der Waals surface area (Å²) in [6.45, 7) is 5.14. The quantitative estimate of drug-likeness (QED) is 0.143. The molecule has 0 aliphatic heterocycles. The first-order chi connectivity index (χ1) is 19.7. The zero-order valence-electron chi connectivity index (χ0n) is 24.1. The van der Waals surface area contributed by atoms with E-state index < -0.39 is 21.7 Å². The Balaban J connectivity index is 1.87. The van der Waals surface area contributed by atoms with Crippen LogP contribution in [0.15, 0.2) is 56.6 Å². The monoisotopic (exact) mass is 624 g/mol. The Morgan fingerprint density at radius 3 is 1.90 bits per heavy atom. The normalized spacial score (nSPS) is 11.9. The van der Waals surface area contributed by atoms with Crippen LogP contribution in [-0.4, -0.2) is 35.5 Å². The molecule has 3 aromatic rings. The molecule has 0 aliphatic rings. The Kier molecular flexibility index (Phi) is 13.3. The highest BCUT2D eigenvalue weighted by atomic mass is 35.5. The lowest BCUT2D eigenvalue weighted by Crippen LogP contribution is -2.33. The summed E-state index contributed by atoms with van der Waals surface area (Å²) in [5.41, 5.74) is 0.532. The molecule has 2 aromatic carbocycles. The van der Waals surface area contributed by atoms with Gasteiger partial charge in [-0.2, -0.15) is 4.31 Å². The molecule has 1 aromatic heterocycles. The summed E-state index contributed by atoms with van der Waals surface area (Å²) in [6.07, 6.45) is 12.6. The van der Waals surface area contributed by atoms with Gasteiger partial charge in [-0.3, -0.25) is 0 Å². The van der Waals surface area contributed by atoms with Crippen LogP contribution in [0, 0.1) is 0 Å². The summed E-state index contributed by atoms with van der Waals surface area (Å²) in [5.74, 6) is -1.35. The van der Waals surface area contributed by atoms with E-state index in [0.29, 0.717) is 18.7 Å². The highest BCUT2D eigenvalue weighted by Gasteiger charge is 2.29. The van der Waals surface area contributed by atoms with Crippen molar-refractivity contribution in [2.75, 3.05) is 13.1 Å². The number of benzene rings is 2. The second-order valence-corrected chi connectivity index (χ2v) is 13.1. The van der Waals surface area contributed by atoms with E-state index in [9.17, 15) is 18.3 Å². The van der Waals surface area contributed by atoms with Crippen molar-refractivity contribution in [3.8, 4) is 22.9 Å². The second-order valence-electron chi connectivity index (χ2n) is 10.4. The highest BCUT2D eigenvalue weighted by molar-refractivity contribution is 7.89. The molecule has 0 saturated heterocycles. The number of nitrogens with zero attached hydrogens (tertiary/aromatic N) is 2. The first-order valence-corrected chi connectivity index (χ1v) is 16.9. The molecule has 41 heavy (non-hydrogen) atoms. The molecule has 3 rings (SSSR count). The van der Waals surface area contributed by atoms with Crippen molar-refractivity contribution in [3.05, 3.63) is 63.1 Å². The Morgan fingerprint density at radius 1 is 0.805 bits per heavy atom. The van der Waals surface area contributed by atoms with Crippen molar-refractivity contribution in [1.82, 2.24) is 8.87 Å². The first kappa shape index (κ1) is 33.2. The second kappa shape index (κ2) is 16.4. The van der Waals surface area contributed by atoms with Crippen molar-refractivity contribution in [2.24, 2.45) is 0 Å². The minimum absolute atomic E-state index is 0.0245. The third-order valence-electron chi connectivity index (χ3n) is 7.21. The molecular formula is C31H42Cl2N2O5S. The van der Waals surface area contributed by atoms with Crippen LogP contribution in [-0.2, 0) is 10.0 Å². The summed E-state index contributed by atoms with van der Waals surface area (Å²) in [6, 6.07) is 11.2. The summed E-state index contributed by atoms with van der Waals surface area (Å²) in [5, 5.41) is 10.7. The number of aromatic nitrogens is 1. The summed E-state index contributed by atoms with van der Waals surface area (Å²) >= 11 is 13.1. The van der Waals surface area contributed by atoms with E-state index >= 15 is 0 Å². The summed E-state index contributed by atoms with van der Waals surface area (Å²) in [4.78, 5) is 12.6. The summed E-state index contributed by atoms with van der Waals surface area (Å²) < 4.78 is 35.4. The minimum Gasteiger partial charge on any atom is -0.491 e. The number of oxazole rings is 1. The standard InChI is InChI=1S/C31H42Cl2N2O5S/c1-3-5-7-9-11-16-20-34(21-17-12-10-8-6-4-2)41(38,39)28-23-25(32)27(22-26(28)33)35-30(36)29(40-31(35)37)24-18-14-13-15-19-24/h13-15,18-19,22-23,36H,3-12,16-17,20-21H2,1-2H3. The number of halogens is 2. The molecule has 0 fully saturated rings. The van der Waals surface area contributed by atoms with Crippen LogP contribution >= 0.6 is 23.2 Å². The van der Waals surface area contributed by atoms with Gasteiger partial charge in [0.15, 0.2) is 0 Å². The molecule has 1 N–H and O–H groups in total. The fourth-order valence-electron chi connectivity index (χ4n) is 4.87. The third kappa shape index (κ3) is 8.87. The fourth-order valence-corrected chi connectivity index (χ4v) is 7.22. The lowest BCUT2D eigenvalue weighted by Gasteiger charge is -2.23. The van der Waals surface area contributed by atoms with E-state index in [0.717, 1.165) is 68.8 Å². The molecular weight excluding hydrogens is 583 g/mol. The van der Waals surface area contributed by atoms with E-state index in [1.54, 1.807) is 30.3 Å². The van der Waals surface area contributed by atoms with E-state index in [1.165, 1.54) is 29.3 Å². The maximum absolute atomic E-state index is 13.9. The molecule has 0 aliphatic carbocycles. The van der Waals surface area contributed by atoms with Crippen LogP contribution in [0.3, 0.4) is 0 Å². The molecule has 0 saturated carbocycles. The van der Waals surface area contributed by atoms with Gasteiger partial charge in [-0.15, -0.1) is 0 Å². The van der Waals surface area contributed by atoms with Gasteiger partial charge in [-0.05, 0) is 25.0 Å². The molecule has 0 unspecified atom stereocenters. The lowest BCUT2D eigenvalue weighted by molar-refractivity contribution is 0.383. The fraction of sp³-hybridized carbons (Fsp3) is 0.516. The number of hydrogen-bond donors (Lipinski definition) is 1. The van der Waals surface area contributed by atoms with Crippen molar-refractivity contribution in [3.63, 3.8) is 0 Å². The molecule has 0 atom stereocenters. The molecule has 0 bridgehead atoms. The summed E-state index contributed by atoms with van der Waals surface area (Å²) in [7, 11) is -3.96. The van der Waals surface area contributed by atoms with Gasteiger partial charge in [-0.1, -0.05) is 132 Å². The van der Waals surface area contributed by atoms with Gasteiger partial charge < -0.3 is 9.52 Å². The largest absolute Gasteiger partial charge is 0.491 e. The van der Waals surface area contributed by atoms with Gasteiger partial charge in [0, 0.05) is 18.7 Å². The van der Waals surface area contributed by atoms with Crippen molar-refractivity contribution >= 4 is 33.2 Å². The van der Waals surface area contributed by atoms with Crippen LogP contribution in [0.25, 0.3) is 17.0 Å². The Bertz CT molecular complexity index is 1390. The van der Waals surface area contributed by atoms with Crippen LogP contribution in [0.2, 0.25) is 10.0 Å². The molecule has 226 valence electrons. The zero-order valence-corrected chi connectivity index (χ0v) is 26.4. The van der Waals surface area contributed by atoms with Crippen molar-refractivity contribution < 1.29 is 17.9 Å². The molecule has 10 heteroatoms. The molecule has 0 amide bonds. The Morgan fingerprint density at radius 2 is 1.34 bits per heavy atom. The average Bonchev–Trinajstić information content (AvgIpc) is 3.25. The average molecular weight is 626 g/mol. The highest BCUT2D eigenvalue weighted by Crippen LogP contribution is 2.36. The van der Waals surface area contributed by atoms with E-state index in [2.05, 4.69) is 13.8 Å². The topological polar surface area (TPSA) is 92.8 Å². The first-order valence-electron chi connectivity index (χ1n) is 14.7. The van der Waals surface area contributed by atoms with Gasteiger partial charge in [-0.25, -0.2) is 17.8 Å². The van der Waals surface area contributed by atoms with Crippen molar-refractivity contribution in [1.29, 1.82) is 0 Å². The van der Waals surface area contributed by atoms with Crippen molar-refractivity contribution in [2.45, 2.75) is 95.8 Å². The van der Waals surface area contributed by atoms with E-state index in [1.807, 2.05) is 0 Å². The van der Waals surface area contributed by atoms with Gasteiger partial charge in [0.2, 0.25) is 21.7 Å². The van der Waals surface area contributed by atoms with Gasteiger partial charge in [0.05, 0.1) is 15.7 Å². The van der Waals surface area contributed by atoms with Gasteiger partial charge in [0.1, 0.15) is 4.90 Å². The smallest absolute Gasteiger partial charge is 0.427 e. The number of aromatic hydroxyl groups is 1. The number of rotatable bonds is 18. The zero-order chi connectivity index (χ0) is 29.8. The molecule has 7 nitrogen and oxygen atoms in total. The number of unbranched alkanes of at least 4 members (excludes halogenated alkanes) is 10. The maximum Gasteiger partial charge on any atom is 0.427 e. The Labute approximate surface area is 254 Å². The Hall–Kier alpha value is -2.26. The lowest BCUT2D eigenvalue weighted by atomic mass is 10.1. The van der Waals surface area contributed by atoms with Crippen LogP contribution in [0.4, 0.5) is 0 Å². The minimum atomic E-state index is -3.96. The predicted octanol–water partition coefficient (Wildman–Crippen LogP) is 8.82. The molecule has 0 spiro atoms. The van der Waals surface area contributed by atoms with E-state index in [-0.39, 0.29) is 26.4 Å². The van der Waals surface area contributed by atoms with Gasteiger partial charge >= 0.3 is 5.76 Å². The molecule has 1 heterocycles. The maximum atomic E-state index is 13.9.